The maximum Gasteiger partial charge on any atom is 0.494 e. The van der Waals surface area contributed by atoms with Crippen LogP contribution < -0.4 is 10.2 Å². The van der Waals surface area contributed by atoms with E-state index < -0.39 is 24.1 Å². The molecule has 5 nitrogen and oxygen atoms in total. The Morgan fingerprint density at radius 1 is 1.24 bits per heavy atom. The highest BCUT2D eigenvalue weighted by Crippen LogP contribution is 2.36. The van der Waals surface area contributed by atoms with E-state index in [1.165, 1.54) is 6.07 Å². The third-order valence-electron chi connectivity index (χ3n) is 5.25. The van der Waals surface area contributed by atoms with E-state index in [9.17, 15) is 4.39 Å². The summed E-state index contributed by atoms with van der Waals surface area (Å²) in [5.74, 6) is -0.200. The summed E-state index contributed by atoms with van der Waals surface area (Å²) in [6.45, 7) is 10.6. The second-order valence-electron chi connectivity index (χ2n) is 7.84. The number of hydrogen-bond acceptors (Lipinski definition) is 5. The quantitative estimate of drug-likeness (QED) is 0.775. The van der Waals surface area contributed by atoms with Gasteiger partial charge in [0.05, 0.1) is 17.8 Å². The maximum atomic E-state index is 14.1. The van der Waals surface area contributed by atoms with Crippen molar-refractivity contribution in [3.05, 3.63) is 24.0 Å². The van der Waals surface area contributed by atoms with Crippen LogP contribution in [0.4, 0.5) is 4.39 Å². The lowest BCUT2D eigenvalue weighted by Crippen LogP contribution is -2.42. The van der Waals surface area contributed by atoms with Gasteiger partial charge in [0.15, 0.2) is 11.6 Å². The summed E-state index contributed by atoms with van der Waals surface area (Å²) in [4.78, 5) is 2.18. The highest BCUT2D eigenvalue weighted by Gasteiger charge is 2.51. The van der Waals surface area contributed by atoms with Gasteiger partial charge in [-0.3, -0.25) is 0 Å². The van der Waals surface area contributed by atoms with Gasteiger partial charge in [-0.25, -0.2) is 4.39 Å². The topological polar surface area (TPSA) is 40.2 Å². The van der Waals surface area contributed by atoms with Crippen molar-refractivity contribution in [3.8, 4) is 5.75 Å². The Balaban J connectivity index is 1.69. The van der Waals surface area contributed by atoms with Crippen LogP contribution in [0.5, 0.6) is 5.75 Å². The lowest BCUT2D eigenvalue weighted by molar-refractivity contribution is -0.0408. The Morgan fingerprint density at radius 2 is 1.92 bits per heavy atom. The average Bonchev–Trinajstić information content (AvgIpc) is 2.75. The number of ether oxygens (including phenoxy) is 2. The Hall–Kier alpha value is -1.15. The average molecular weight is 351 g/mol. The van der Waals surface area contributed by atoms with Crippen molar-refractivity contribution < 1.29 is 23.2 Å². The monoisotopic (exact) mass is 351 g/mol. The van der Waals surface area contributed by atoms with Crippen molar-refractivity contribution in [3.63, 3.8) is 0 Å². The fourth-order valence-electron chi connectivity index (χ4n) is 2.91. The van der Waals surface area contributed by atoms with Gasteiger partial charge in [0.1, 0.15) is 12.7 Å². The molecule has 2 heterocycles. The molecule has 2 aliphatic heterocycles. The lowest BCUT2D eigenvalue weighted by Gasteiger charge is -2.32. The van der Waals surface area contributed by atoms with Gasteiger partial charge in [-0.2, -0.15) is 0 Å². The van der Waals surface area contributed by atoms with Gasteiger partial charge in [-0.15, -0.1) is 0 Å². The predicted molar refractivity (Wildman–Crippen MR) is 94.8 cm³/mol. The number of halogens is 1. The molecule has 0 bridgehead atoms. The molecule has 7 heteroatoms. The van der Waals surface area contributed by atoms with Crippen molar-refractivity contribution in [2.75, 3.05) is 33.4 Å². The molecule has 0 spiro atoms. The summed E-state index contributed by atoms with van der Waals surface area (Å²) in [7, 11) is 1.50. The molecular weight excluding hydrogens is 324 g/mol. The fraction of sp³-hybridized carbons (Fsp3) is 0.667. The summed E-state index contributed by atoms with van der Waals surface area (Å²) >= 11 is 0. The van der Waals surface area contributed by atoms with Crippen molar-refractivity contribution in [2.45, 2.75) is 45.0 Å². The minimum absolute atomic E-state index is 0.0568. The number of likely N-dealkylation sites (N-methyl/N-ethyl adjacent to an activating group) is 1. The van der Waals surface area contributed by atoms with Gasteiger partial charge in [-0.05, 0) is 52.3 Å². The molecule has 0 saturated carbocycles. The molecule has 0 amide bonds. The zero-order chi connectivity index (χ0) is 18.2. The minimum atomic E-state index is -0.537. The Bertz CT molecular complexity index is 609. The van der Waals surface area contributed by atoms with Crippen LogP contribution in [-0.4, -0.2) is 62.7 Å². The molecule has 1 atom stereocenters. The molecule has 2 fully saturated rings. The first-order valence-corrected chi connectivity index (χ1v) is 8.76. The smallest absolute Gasteiger partial charge is 0.488 e. The van der Waals surface area contributed by atoms with Gasteiger partial charge in [-0.1, -0.05) is 6.07 Å². The molecule has 138 valence electrons. The highest BCUT2D eigenvalue weighted by molar-refractivity contribution is 6.62. The molecule has 0 aromatic heterocycles. The van der Waals surface area contributed by atoms with E-state index in [0.29, 0.717) is 13.2 Å². The highest BCUT2D eigenvalue weighted by atomic mass is 19.1. The van der Waals surface area contributed by atoms with Crippen molar-refractivity contribution in [1.29, 1.82) is 0 Å². The van der Waals surface area contributed by atoms with Crippen molar-refractivity contribution >= 4 is 12.6 Å². The first-order chi connectivity index (χ1) is 11.7. The van der Waals surface area contributed by atoms with Crippen LogP contribution in [0.1, 0.15) is 27.7 Å². The van der Waals surface area contributed by atoms with Crippen LogP contribution in [0.3, 0.4) is 0 Å². The number of rotatable bonds is 4. The van der Waals surface area contributed by atoms with E-state index in [2.05, 4.69) is 4.90 Å². The summed E-state index contributed by atoms with van der Waals surface area (Å²) in [6.07, 6.45) is -0.0568. The molecular formula is C18H27BFNO4. The molecule has 0 aliphatic carbocycles. The summed E-state index contributed by atoms with van der Waals surface area (Å²) in [6, 6.07) is 4.73. The van der Waals surface area contributed by atoms with Gasteiger partial charge >= 0.3 is 7.12 Å². The third-order valence-corrected chi connectivity index (χ3v) is 5.25. The molecule has 2 aliphatic rings. The molecule has 3 rings (SSSR count). The fourth-order valence-corrected chi connectivity index (χ4v) is 2.91. The zero-order valence-electron chi connectivity index (χ0n) is 15.7. The van der Waals surface area contributed by atoms with Crippen LogP contribution in [-0.2, 0) is 14.0 Å². The van der Waals surface area contributed by atoms with Crippen molar-refractivity contribution in [1.82, 2.24) is 4.90 Å². The number of morpholine rings is 1. The molecule has 1 unspecified atom stereocenters. The molecule has 1 aromatic carbocycles. The van der Waals surface area contributed by atoms with Crippen molar-refractivity contribution in [2.24, 2.45) is 0 Å². The molecule has 0 N–H and O–H groups in total. The van der Waals surface area contributed by atoms with E-state index in [1.54, 1.807) is 12.1 Å². The SMILES string of the molecule is CN1CCOC(COc2cc(B3OC(C)(C)C(C)(C)O3)ccc2F)C1. The third kappa shape index (κ3) is 4.00. The van der Waals surface area contributed by atoms with Gasteiger partial charge in [0, 0.05) is 13.1 Å². The zero-order valence-corrected chi connectivity index (χ0v) is 15.7. The van der Waals surface area contributed by atoms with E-state index in [0.717, 1.165) is 18.6 Å². The largest absolute Gasteiger partial charge is 0.494 e. The van der Waals surface area contributed by atoms with E-state index in [-0.39, 0.29) is 11.9 Å². The normalized spacial score (nSPS) is 26.0. The Labute approximate surface area is 149 Å². The van der Waals surface area contributed by atoms with Gasteiger partial charge in [0.2, 0.25) is 0 Å². The molecule has 0 radical (unpaired) electrons. The first-order valence-electron chi connectivity index (χ1n) is 8.76. The number of nitrogens with zero attached hydrogens (tertiary/aromatic N) is 1. The summed E-state index contributed by atoms with van der Waals surface area (Å²) < 4.78 is 37.5. The van der Waals surface area contributed by atoms with Gasteiger partial charge < -0.3 is 23.7 Å². The predicted octanol–water partition coefficient (Wildman–Crippen LogP) is 1.83. The minimum Gasteiger partial charge on any atom is -0.488 e. The lowest BCUT2D eigenvalue weighted by atomic mass is 9.79. The molecule has 1 aromatic rings. The summed E-state index contributed by atoms with van der Waals surface area (Å²) in [5.41, 5.74) is -0.127. The maximum absolute atomic E-state index is 14.1. The standard InChI is InChI=1S/C18H27BFNO4/c1-17(2)18(3,4)25-19(24-17)13-6-7-15(20)16(10-13)23-12-14-11-21(5)8-9-22-14/h6-7,10,14H,8-9,11-12H2,1-5H3. The molecule has 2 saturated heterocycles. The van der Waals surface area contributed by atoms with Gasteiger partial charge in [0.25, 0.3) is 0 Å². The first kappa shape index (κ1) is 18.6. The second-order valence-corrected chi connectivity index (χ2v) is 7.84. The second kappa shape index (κ2) is 6.87. The van der Waals surface area contributed by atoms with E-state index in [1.807, 2.05) is 34.7 Å². The van der Waals surface area contributed by atoms with Crippen LogP contribution in [0.25, 0.3) is 0 Å². The Morgan fingerprint density at radius 3 is 2.56 bits per heavy atom. The van der Waals surface area contributed by atoms with E-state index in [4.69, 9.17) is 18.8 Å². The van der Waals surface area contributed by atoms with Crippen LogP contribution in [0.2, 0.25) is 0 Å². The summed E-state index contributed by atoms with van der Waals surface area (Å²) in [5, 5.41) is 0. The number of benzene rings is 1. The Kier molecular flexibility index (Phi) is 5.12. The molecule has 25 heavy (non-hydrogen) atoms. The van der Waals surface area contributed by atoms with Crippen LogP contribution >= 0.6 is 0 Å². The van der Waals surface area contributed by atoms with Crippen LogP contribution in [0.15, 0.2) is 18.2 Å². The number of hydrogen-bond donors (Lipinski definition) is 0. The van der Waals surface area contributed by atoms with Crippen LogP contribution in [0, 0.1) is 5.82 Å². The van der Waals surface area contributed by atoms with E-state index >= 15 is 0 Å².